The van der Waals surface area contributed by atoms with E-state index in [9.17, 15) is 0 Å². The lowest BCUT2D eigenvalue weighted by Gasteiger charge is -1.99. The third kappa shape index (κ3) is 2.97. The van der Waals surface area contributed by atoms with Gasteiger partial charge in [0, 0.05) is 6.42 Å². The van der Waals surface area contributed by atoms with E-state index >= 15 is 0 Å². The van der Waals surface area contributed by atoms with Gasteiger partial charge in [0.15, 0.2) is 0 Å². The Morgan fingerprint density at radius 2 is 2.18 bits per heavy atom. The molecule has 0 amide bonds. The molecular formula is C8H14N2S. The Morgan fingerprint density at radius 1 is 1.45 bits per heavy atom. The zero-order valence-electron chi connectivity index (χ0n) is 7.29. The molecule has 0 fully saturated rings. The van der Waals surface area contributed by atoms with E-state index < -0.39 is 0 Å². The first-order chi connectivity index (χ1) is 5.18. The van der Waals surface area contributed by atoms with Crippen LogP contribution in [0.2, 0.25) is 0 Å². The number of aromatic nitrogens is 2. The maximum atomic E-state index is 4.29. The molecule has 62 valence electrons. The van der Waals surface area contributed by atoms with E-state index in [0.29, 0.717) is 0 Å². The van der Waals surface area contributed by atoms with Crippen LogP contribution in [0.15, 0.2) is 0 Å². The third-order valence-corrected chi connectivity index (χ3v) is 2.17. The van der Waals surface area contributed by atoms with E-state index in [2.05, 4.69) is 23.2 Å². The molecule has 0 aliphatic rings. The highest BCUT2D eigenvalue weighted by atomic mass is 32.1. The Bertz CT molecular complexity index is 218. The lowest BCUT2D eigenvalue weighted by atomic mass is 10.1. The van der Waals surface area contributed by atoms with Gasteiger partial charge in [-0.1, -0.05) is 13.8 Å². The molecule has 0 aliphatic carbocycles. The van der Waals surface area contributed by atoms with Gasteiger partial charge in [0.1, 0.15) is 10.8 Å². The molecule has 0 bridgehead atoms. The topological polar surface area (TPSA) is 25.8 Å². The summed E-state index contributed by atoms with van der Waals surface area (Å²) in [5.41, 5.74) is 0. The average Bonchev–Trinajstić information content (AvgIpc) is 2.31. The lowest BCUT2D eigenvalue weighted by molar-refractivity contribution is 0.577. The quantitative estimate of drug-likeness (QED) is 0.696. The first-order valence-electron chi connectivity index (χ1n) is 3.97. The summed E-state index contributed by atoms with van der Waals surface area (Å²) in [6, 6.07) is 0. The van der Waals surface area contributed by atoms with Crippen LogP contribution in [0.25, 0.3) is 0 Å². The van der Waals surface area contributed by atoms with Gasteiger partial charge in [-0.25, -0.2) is 4.98 Å². The van der Waals surface area contributed by atoms with E-state index in [1.807, 2.05) is 6.92 Å². The van der Waals surface area contributed by atoms with Crippen molar-refractivity contribution in [3.63, 3.8) is 0 Å². The monoisotopic (exact) mass is 170 g/mol. The fourth-order valence-electron chi connectivity index (χ4n) is 0.861. The molecule has 0 aliphatic heterocycles. The van der Waals surface area contributed by atoms with Crippen LogP contribution in [0.5, 0.6) is 0 Å². The van der Waals surface area contributed by atoms with Crippen LogP contribution in [0.1, 0.15) is 31.1 Å². The van der Waals surface area contributed by atoms with Gasteiger partial charge < -0.3 is 0 Å². The van der Waals surface area contributed by atoms with Crippen molar-refractivity contribution in [2.45, 2.75) is 33.6 Å². The molecule has 3 heteroatoms. The number of nitrogens with zero attached hydrogens (tertiary/aromatic N) is 2. The molecule has 0 radical (unpaired) electrons. The summed E-state index contributed by atoms with van der Waals surface area (Å²) in [6.07, 6.45) is 2.22. The molecule has 11 heavy (non-hydrogen) atoms. The molecule has 0 aromatic carbocycles. The zero-order valence-corrected chi connectivity index (χ0v) is 8.11. The maximum absolute atomic E-state index is 4.29. The van der Waals surface area contributed by atoms with E-state index in [1.165, 1.54) is 18.0 Å². The molecule has 2 nitrogen and oxygen atoms in total. The predicted molar refractivity (Wildman–Crippen MR) is 47.8 cm³/mol. The molecule has 1 aromatic rings. The van der Waals surface area contributed by atoms with Crippen molar-refractivity contribution < 1.29 is 0 Å². The Hall–Kier alpha value is -0.440. The van der Waals surface area contributed by atoms with E-state index in [0.717, 1.165) is 23.2 Å². The first-order valence-corrected chi connectivity index (χ1v) is 4.75. The normalized spacial score (nSPS) is 10.9. The van der Waals surface area contributed by atoms with Crippen molar-refractivity contribution in [2.75, 3.05) is 0 Å². The summed E-state index contributed by atoms with van der Waals surface area (Å²) >= 11 is 1.49. The van der Waals surface area contributed by atoms with Gasteiger partial charge in [0.25, 0.3) is 0 Å². The second-order valence-corrected chi connectivity index (χ2v) is 4.12. The van der Waals surface area contributed by atoms with Crippen molar-refractivity contribution in [3.8, 4) is 0 Å². The van der Waals surface area contributed by atoms with E-state index in [4.69, 9.17) is 0 Å². The SMILES string of the molecule is Cc1nc(CCC(C)C)ns1. The summed E-state index contributed by atoms with van der Waals surface area (Å²) < 4.78 is 4.22. The standard InChI is InChI=1S/C8H14N2S/c1-6(2)4-5-8-9-7(3)11-10-8/h6H,4-5H2,1-3H3. The Morgan fingerprint density at radius 3 is 2.64 bits per heavy atom. The third-order valence-electron chi connectivity index (χ3n) is 1.51. The minimum absolute atomic E-state index is 0.749. The molecule has 0 spiro atoms. The minimum atomic E-state index is 0.749. The highest BCUT2D eigenvalue weighted by Crippen LogP contribution is 2.08. The Kier molecular flexibility index (Phi) is 3.00. The van der Waals surface area contributed by atoms with Crippen LogP contribution in [0.4, 0.5) is 0 Å². The minimum Gasteiger partial charge on any atom is -0.225 e. The highest BCUT2D eigenvalue weighted by Gasteiger charge is 2.01. The van der Waals surface area contributed by atoms with Crippen LogP contribution in [-0.4, -0.2) is 9.36 Å². The van der Waals surface area contributed by atoms with Crippen molar-refractivity contribution in [3.05, 3.63) is 10.8 Å². The fourth-order valence-corrected chi connectivity index (χ4v) is 1.38. The van der Waals surface area contributed by atoms with Gasteiger partial charge >= 0.3 is 0 Å². The van der Waals surface area contributed by atoms with Crippen LogP contribution in [0.3, 0.4) is 0 Å². The number of hydrogen-bond acceptors (Lipinski definition) is 3. The predicted octanol–water partition coefficient (Wildman–Crippen LogP) is 2.44. The molecule has 1 aromatic heterocycles. The lowest BCUT2D eigenvalue weighted by Crippen LogP contribution is -1.93. The van der Waals surface area contributed by atoms with Gasteiger partial charge in [0.2, 0.25) is 0 Å². The molecule has 0 saturated carbocycles. The van der Waals surface area contributed by atoms with Gasteiger partial charge in [-0.05, 0) is 30.8 Å². The smallest absolute Gasteiger partial charge is 0.142 e. The van der Waals surface area contributed by atoms with Gasteiger partial charge in [-0.3, -0.25) is 0 Å². The average molecular weight is 170 g/mol. The van der Waals surface area contributed by atoms with E-state index in [-0.39, 0.29) is 0 Å². The fraction of sp³-hybridized carbons (Fsp3) is 0.750. The number of aryl methyl sites for hydroxylation is 2. The van der Waals surface area contributed by atoms with Crippen LogP contribution >= 0.6 is 11.5 Å². The largest absolute Gasteiger partial charge is 0.225 e. The summed E-state index contributed by atoms with van der Waals surface area (Å²) in [7, 11) is 0. The zero-order chi connectivity index (χ0) is 8.27. The van der Waals surface area contributed by atoms with Crippen LogP contribution < -0.4 is 0 Å². The Balaban J connectivity index is 2.39. The molecule has 1 heterocycles. The molecule has 1 rings (SSSR count). The summed E-state index contributed by atoms with van der Waals surface area (Å²) in [5, 5.41) is 1.07. The molecule has 0 N–H and O–H groups in total. The summed E-state index contributed by atoms with van der Waals surface area (Å²) in [5.74, 6) is 1.76. The number of rotatable bonds is 3. The Labute approximate surface area is 71.8 Å². The van der Waals surface area contributed by atoms with Crippen molar-refractivity contribution in [1.82, 2.24) is 9.36 Å². The molecule has 0 atom stereocenters. The van der Waals surface area contributed by atoms with Gasteiger partial charge in [-0.2, -0.15) is 4.37 Å². The molecular weight excluding hydrogens is 156 g/mol. The summed E-state index contributed by atoms with van der Waals surface area (Å²) in [6.45, 7) is 6.44. The van der Waals surface area contributed by atoms with Gasteiger partial charge in [0.05, 0.1) is 0 Å². The molecule has 0 saturated heterocycles. The van der Waals surface area contributed by atoms with Gasteiger partial charge in [-0.15, -0.1) is 0 Å². The second kappa shape index (κ2) is 3.81. The second-order valence-electron chi connectivity index (χ2n) is 3.16. The maximum Gasteiger partial charge on any atom is 0.142 e. The van der Waals surface area contributed by atoms with Crippen molar-refractivity contribution in [2.24, 2.45) is 5.92 Å². The van der Waals surface area contributed by atoms with Crippen molar-refractivity contribution in [1.29, 1.82) is 0 Å². The summed E-state index contributed by atoms with van der Waals surface area (Å²) in [4.78, 5) is 4.29. The van der Waals surface area contributed by atoms with Crippen LogP contribution in [0, 0.1) is 12.8 Å². The van der Waals surface area contributed by atoms with Crippen LogP contribution in [-0.2, 0) is 6.42 Å². The van der Waals surface area contributed by atoms with Crippen molar-refractivity contribution >= 4 is 11.5 Å². The van der Waals surface area contributed by atoms with E-state index in [1.54, 1.807) is 0 Å². The number of hydrogen-bond donors (Lipinski definition) is 0. The molecule has 0 unspecified atom stereocenters. The first kappa shape index (κ1) is 8.65. The highest BCUT2D eigenvalue weighted by molar-refractivity contribution is 7.05.